The molecule has 0 aliphatic rings. The molecule has 0 aliphatic heterocycles. The molecule has 0 amide bonds. The lowest BCUT2D eigenvalue weighted by Gasteiger charge is -2.10. The highest BCUT2D eigenvalue weighted by Gasteiger charge is 2.07. The van der Waals surface area contributed by atoms with Crippen LogP contribution in [0.15, 0.2) is 41.3 Å². The van der Waals surface area contributed by atoms with Crippen LogP contribution < -0.4 is 5.73 Å². The van der Waals surface area contributed by atoms with Crippen LogP contribution in [0.2, 0.25) is 0 Å². The largest absolute Gasteiger partial charge is 0.384 e. The number of thioether (sulfide) groups is 1. The Hall–Kier alpha value is -1.74. The Bertz CT molecular complexity index is 627. The maximum Gasteiger partial charge on any atom is 0.123 e. The van der Waals surface area contributed by atoms with Crippen LogP contribution in [0.5, 0.6) is 0 Å². The van der Waals surface area contributed by atoms with Crippen molar-refractivity contribution in [2.75, 3.05) is 0 Å². The fourth-order valence-electron chi connectivity index (χ4n) is 2.28. The van der Waals surface area contributed by atoms with E-state index >= 15 is 0 Å². The summed E-state index contributed by atoms with van der Waals surface area (Å²) in [4.78, 5) is 1.08. The molecule has 3 N–H and O–H groups in total. The van der Waals surface area contributed by atoms with Crippen LogP contribution in [-0.4, -0.2) is 5.84 Å². The van der Waals surface area contributed by atoms with Gasteiger partial charge in [-0.3, -0.25) is 5.41 Å². The first-order valence-corrected chi connectivity index (χ1v) is 7.59. The van der Waals surface area contributed by atoms with E-state index in [0.29, 0.717) is 0 Å². The first-order chi connectivity index (χ1) is 9.45. The smallest absolute Gasteiger partial charge is 0.123 e. The molecule has 0 saturated carbocycles. The summed E-state index contributed by atoms with van der Waals surface area (Å²) in [6.45, 7) is 6.30. The van der Waals surface area contributed by atoms with Gasteiger partial charge in [0.2, 0.25) is 0 Å². The van der Waals surface area contributed by atoms with Crippen molar-refractivity contribution in [3.63, 3.8) is 0 Å². The summed E-state index contributed by atoms with van der Waals surface area (Å²) in [6.07, 6.45) is 0. The average Bonchev–Trinajstić information content (AvgIpc) is 2.35. The number of amidine groups is 1. The monoisotopic (exact) mass is 284 g/mol. The highest BCUT2D eigenvalue weighted by atomic mass is 32.2. The molecule has 0 radical (unpaired) electrons. The number of hydrogen-bond donors (Lipinski definition) is 2. The summed E-state index contributed by atoms with van der Waals surface area (Å²) in [5.41, 5.74) is 11.6. The van der Waals surface area contributed by atoms with Gasteiger partial charge in [-0.1, -0.05) is 35.4 Å². The molecule has 0 atom stereocenters. The van der Waals surface area contributed by atoms with Crippen LogP contribution in [0.4, 0.5) is 0 Å². The van der Waals surface area contributed by atoms with Crippen molar-refractivity contribution in [3.8, 4) is 0 Å². The Kier molecular flexibility index (Phi) is 4.50. The summed E-state index contributed by atoms with van der Waals surface area (Å²) in [5, 5.41) is 7.66. The van der Waals surface area contributed by atoms with Gasteiger partial charge < -0.3 is 5.73 Å². The summed E-state index contributed by atoms with van der Waals surface area (Å²) in [7, 11) is 0. The average molecular weight is 284 g/mol. The van der Waals surface area contributed by atoms with Gasteiger partial charge in [0.05, 0.1) is 0 Å². The summed E-state index contributed by atoms with van der Waals surface area (Å²) in [5.74, 6) is 1.03. The quantitative estimate of drug-likeness (QED) is 0.502. The van der Waals surface area contributed by atoms with E-state index in [9.17, 15) is 0 Å². The molecule has 0 unspecified atom stereocenters. The Labute approximate surface area is 124 Å². The van der Waals surface area contributed by atoms with Crippen LogP contribution in [0.1, 0.15) is 27.8 Å². The number of nitrogen functional groups attached to an aromatic ring is 1. The predicted octanol–water partition coefficient (Wildman–Crippen LogP) is 4.19. The van der Waals surface area contributed by atoms with Crippen molar-refractivity contribution in [3.05, 3.63) is 64.2 Å². The Morgan fingerprint density at radius 3 is 2.25 bits per heavy atom. The predicted molar refractivity (Wildman–Crippen MR) is 87.7 cm³/mol. The second-order valence-electron chi connectivity index (χ2n) is 5.20. The SMILES string of the molecule is Cc1cc(C)cc(CSc2cc(C)ccc2C(=N)N)c1. The van der Waals surface area contributed by atoms with Crippen molar-refractivity contribution in [1.82, 2.24) is 0 Å². The van der Waals surface area contributed by atoms with Gasteiger partial charge in [0.15, 0.2) is 0 Å². The van der Waals surface area contributed by atoms with E-state index < -0.39 is 0 Å². The van der Waals surface area contributed by atoms with E-state index in [-0.39, 0.29) is 5.84 Å². The van der Waals surface area contributed by atoms with Crippen LogP contribution in [0, 0.1) is 26.2 Å². The number of nitrogens with two attached hydrogens (primary N) is 1. The molecule has 0 heterocycles. The molecule has 0 saturated heterocycles. The minimum Gasteiger partial charge on any atom is -0.384 e. The number of benzene rings is 2. The molecule has 0 aromatic heterocycles. The van der Waals surface area contributed by atoms with Gasteiger partial charge in [0.1, 0.15) is 5.84 Å². The van der Waals surface area contributed by atoms with Gasteiger partial charge in [0.25, 0.3) is 0 Å². The summed E-state index contributed by atoms with van der Waals surface area (Å²) in [6, 6.07) is 12.6. The first kappa shape index (κ1) is 14.7. The van der Waals surface area contributed by atoms with Crippen molar-refractivity contribution in [1.29, 1.82) is 5.41 Å². The van der Waals surface area contributed by atoms with Crippen molar-refractivity contribution in [2.24, 2.45) is 5.73 Å². The Balaban J connectivity index is 2.22. The third-order valence-corrected chi connectivity index (χ3v) is 4.23. The van der Waals surface area contributed by atoms with E-state index in [0.717, 1.165) is 16.2 Å². The number of aryl methyl sites for hydroxylation is 3. The van der Waals surface area contributed by atoms with Crippen LogP contribution in [0.25, 0.3) is 0 Å². The zero-order valence-corrected chi connectivity index (χ0v) is 13.0. The second-order valence-corrected chi connectivity index (χ2v) is 6.22. The highest BCUT2D eigenvalue weighted by molar-refractivity contribution is 7.98. The van der Waals surface area contributed by atoms with E-state index in [2.05, 4.69) is 45.0 Å². The molecule has 2 nitrogen and oxygen atoms in total. The lowest BCUT2D eigenvalue weighted by atomic mass is 10.1. The topological polar surface area (TPSA) is 49.9 Å². The molecule has 0 bridgehead atoms. The number of rotatable bonds is 4. The van der Waals surface area contributed by atoms with Gasteiger partial charge in [-0.05, 0) is 44.0 Å². The number of nitrogens with one attached hydrogen (secondary N) is 1. The van der Waals surface area contributed by atoms with Crippen molar-refractivity contribution < 1.29 is 0 Å². The van der Waals surface area contributed by atoms with Gasteiger partial charge in [0, 0.05) is 16.2 Å². The normalized spacial score (nSPS) is 10.6. The molecule has 0 spiro atoms. The van der Waals surface area contributed by atoms with Crippen molar-refractivity contribution >= 4 is 17.6 Å². The van der Waals surface area contributed by atoms with E-state index in [4.69, 9.17) is 11.1 Å². The number of hydrogen-bond acceptors (Lipinski definition) is 2. The molecule has 2 aromatic carbocycles. The van der Waals surface area contributed by atoms with Gasteiger partial charge in [-0.25, -0.2) is 0 Å². The zero-order chi connectivity index (χ0) is 14.7. The lowest BCUT2D eigenvalue weighted by molar-refractivity contribution is 1.27. The lowest BCUT2D eigenvalue weighted by Crippen LogP contribution is -2.12. The molecule has 104 valence electrons. The minimum atomic E-state index is 0.132. The van der Waals surface area contributed by atoms with Crippen LogP contribution >= 0.6 is 11.8 Å². The molecule has 0 fully saturated rings. The molecular formula is C17H20N2S. The third-order valence-electron chi connectivity index (χ3n) is 3.10. The fraction of sp³-hybridized carbons (Fsp3) is 0.235. The van der Waals surface area contributed by atoms with E-state index in [1.807, 2.05) is 12.1 Å². The molecule has 2 aromatic rings. The van der Waals surface area contributed by atoms with Gasteiger partial charge in [-0.2, -0.15) is 0 Å². The molecular weight excluding hydrogens is 264 g/mol. The Morgan fingerprint density at radius 2 is 1.65 bits per heavy atom. The van der Waals surface area contributed by atoms with E-state index in [1.165, 1.54) is 22.3 Å². The second kappa shape index (κ2) is 6.14. The molecule has 0 aliphatic carbocycles. The molecule has 2 rings (SSSR count). The maximum absolute atomic E-state index is 7.66. The van der Waals surface area contributed by atoms with Crippen LogP contribution in [0.3, 0.4) is 0 Å². The van der Waals surface area contributed by atoms with E-state index in [1.54, 1.807) is 11.8 Å². The van der Waals surface area contributed by atoms with Gasteiger partial charge >= 0.3 is 0 Å². The molecule has 3 heteroatoms. The summed E-state index contributed by atoms with van der Waals surface area (Å²) >= 11 is 1.74. The third kappa shape index (κ3) is 3.64. The summed E-state index contributed by atoms with van der Waals surface area (Å²) < 4.78 is 0. The zero-order valence-electron chi connectivity index (χ0n) is 12.2. The Morgan fingerprint density at radius 1 is 1.00 bits per heavy atom. The fourth-order valence-corrected chi connectivity index (χ4v) is 3.38. The highest BCUT2D eigenvalue weighted by Crippen LogP contribution is 2.28. The van der Waals surface area contributed by atoms with Crippen LogP contribution in [-0.2, 0) is 5.75 Å². The molecule has 20 heavy (non-hydrogen) atoms. The maximum atomic E-state index is 7.66. The van der Waals surface area contributed by atoms with Crippen molar-refractivity contribution in [2.45, 2.75) is 31.4 Å². The standard InChI is InChI=1S/C17H20N2S/c1-11-4-5-15(17(18)19)16(9-11)20-10-14-7-12(2)6-13(3)8-14/h4-9H,10H2,1-3H3,(H3,18,19). The minimum absolute atomic E-state index is 0.132. The first-order valence-electron chi connectivity index (χ1n) is 6.61. The van der Waals surface area contributed by atoms with Gasteiger partial charge in [-0.15, -0.1) is 11.8 Å².